The minimum atomic E-state index is -0.0322. The zero-order valence-electron chi connectivity index (χ0n) is 19.6. The van der Waals surface area contributed by atoms with Crippen molar-refractivity contribution in [3.05, 3.63) is 28.8 Å². The number of benzene rings is 1. The van der Waals surface area contributed by atoms with Gasteiger partial charge in [-0.3, -0.25) is 0 Å². The molecule has 0 amide bonds. The molecule has 2 aliphatic carbocycles. The normalized spacial score (nSPS) is 28.8. The molecule has 0 saturated heterocycles. The highest BCUT2D eigenvalue weighted by Gasteiger charge is 2.37. The molecule has 1 aromatic rings. The summed E-state index contributed by atoms with van der Waals surface area (Å²) in [4.78, 5) is 0. The van der Waals surface area contributed by atoms with E-state index in [1.165, 1.54) is 56.9 Å². The Balaban J connectivity index is 1.86. The van der Waals surface area contributed by atoms with E-state index in [0.29, 0.717) is 11.7 Å². The van der Waals surface area contributed by atoms with Gasteiger partial charge in [-0.25, -0.2) is 0 Å². The fourth-order valence-corrected chi connectivity index (χ4v) is 6.00. The fraction of sp³-hybridized carbons (Fsp3) is 0.778. The Bertz CT molecular complexity index is 637. The maximum atomic E-state index is 11.0. The molecule has 0 spiro atoms. The molecule has 0 aliphatic heterocycles. The second-order valence-electron chi connectivity index (χ2n) is 12.0. The van der Waals surface area contributed by atoms with Crippen LogP contribution in [0, 0.1) is 17.8 Å². The van der Waals surface area contributed by atoms with Crippen molar-refractivity contribution < 1.29 is 5.11 Å². The van der Waals surface area contributed by atoms with Gasteiger partial charge in [-0.05, 0) is 83.3 Å². The van der Waals surface area contributed by atoms with E-state index < -0.39 is 0 Å². The molecule has 2 aliphatic rings. The maximum absolute atomic E-state index is 11.0. The Morgan fingerprint density at radius 3 is 1.89 bits per heavy atom. The first-order valence-electron chi connectivity index (χ1n) is 11.9. The van der Waals surface area contributed by atoms with Gasteiger partial charge in [0.2, 0.25) is 0 Å². The van der Waals surface area contributed by atoms with Gasteiger partial charge in [0.15, 0.2) is 0 Å². The highest BCUT2D eigenvalue weighted by molar-refractivity contribution is 5.50. The summed E-state index contributed by atoms with van der Waals surface area (Å²) in [5, 5.41) is 11.0. The first-order chi connectivity index (χ1) is 13.0. The third-order valence-corrected chi connectivity index (χ3v) is 7.64. The summed E-state index contributed by atoms with van der Waals surface area (Å²) in [5.41, 5.74) is 3.68. The van der Waals surface area contributed by atoms with E-state index in [4.69, 9.17) is 0 Å². The van der Waals surface area contributed by atoms with E-state index >= 15 is 0 Å². The lowest BCUT2D eigenvalue weighted by Crippen LogP contribution is -2.30. The highest BCUT2D eigenvalue weighted by atomic mass is 16.3. The molecule has 0 heterocycles. The predicted molar refractivity (Wildman–Crippen MR) is 121 cm³/mol. The molecule has 1 heteroatoms. The van der Waals surface area contributed by atoms with Crippen molar-refractivity contribution in [1.29, 1.82) is 0 Å². The standard InChI is InChI=1S/C27H44O/c1-8-9-18-10-11-20-15-21(13-12-19(20)14-18)22-16-23(26(2,3)4)25(28)24(17-22)27(5,6)7/h16-21,28H,8-15H2,1-7H3. The molecule has 1 nitrogen and oxygen atoms in total. The molecule has 28 heavy (non-hydrogen) atoms. The molecular formula is C27H44O. The molecule has 0 aromatic heterocycles. The van der Waals surface area contributed by atoms with Crippen LogP contribution in [0.3, 0.4) is 0 Å². The van der Waals surface area contributed by atoms with Gasteiger partial charge in [-0.1, -0.05) is 79.9 Å². The van der Waals surface area contributed by atoms with Crippen LogP contribution in [0.15, 0.2) is 12.1 Å². The van der Waals surface area contributed by atoms with Crippen LogP contribution >= 0.6 is 0 Å². The van der Waals surface area contributed by atoms with Crippen LogP contribution in [0.2, 0.25) is 0 Å². The van der Waals surface area contributed by atoms with Crippen LogP contribution in [0.25, 0.3) is 0 Å². The van der Waals surface area contributed by atoms with Crippen LogP contribution < -0.4 is 0 Å². The topological polar surface area (TPSA) is 20.2 Å². The zero-order chi connectivity index (χ0) is 20.7. The number of rotatable bonds is 3. The summed E-state index contributed by atoms with van der Waals surface area (Å²) in [6.45, 7) is 15.7. The molecule has 1 aromatic carbocycles. The average Bonchev–Trinajstić information content (AvgIpc) is 2.60. The first kappa shape index (κ1) is 21.7. The van der Waals surface area contributed by atoms with Gasteiger partial charge in [-0.2, -0.15) is 0 Å². The number of phenols is 1. The van der Waals surface area contributed by atoms with E-state index in [2.05, 4.69) is 60.6 Å². The SMILES string of the molecule is CCCC1CCC2CC(c3cc(C(C)(C)C)c(O)c(C(C)(C)C)c3)CCC2C1. The van der Waals surface area contributed by atoms with Gasteiger partial charge in [0.05, 0.1) is 0 Å². The predicted octanol–water partition coefficient (Wildman–Crippen LogP) is 8.09. The van der Waals surface area contributed by atoms with Crippen molar-refractivity contribution in [2.75, 3.05) is 0 Å². The zero-order valence-corrected chi connectivity index (χ0v) is 19.6. The van der Waals surface area contributed by atoms with Crippen LogP contribution in [-0.4, -0.2) is 5.11 Å². The van der Waals surface area contributed by atoms with E-state index in [9.17, 15) is 5.11 Å². The summed E-state index contributed by atoms with van der Waals surface area (Å²) < 4.78 is 0. The van der Waals surface area contributed by atoms with E-state index in [-0.39, 0.29) is 10.8 Å². The van der Waals surface area contributed by atoms with Gasteiger partial charge < -0.3 is 5.11 Å². The van der Waals surface area contributed by atoms with Crippen molar-refractivity contribution >= 4 is 0 Å². The molecule has 158 valence electrons. The minimum Gasteiger partial charge on any atom is -0.507 e. The van der Waals surface area contributed by atoms with Crippen LogP contribution in [0.4, 0.5) is 0 Å². The molecule has 0 radical (unpaired) electrons. The lowest BCUT2D eigenvalue weighted by atomic mass is 9.63. The van der Waals surface area contributed by atoms with Crippen LogP contribution in [0.1, 0.15) is 122 Å². The second kappa shape index (κ2) is 8.04. The van der Waals surface area contributed by atoms with Crippen LogP contribution in [0.5, 0.6) is 5.75 Å². The molecule has 2 saturated carbocycles. The van der Waals surface area contributed by atoms with E-state index in [1.54, 1.807) is 0 Å². The van der Waals surface area contributed by atoms with Gasteiger partial charge in [0.25, 0.3) is 0 Å². The lowest BCUT2D eigenvalue weighted by Gasteiger charge is -2.43. The summed E-state index contributed by atoms with van der Waals surface area (Å²) in [6.07, 6.45) is 11.3. The van der Waals surface area contributed by atoms with Gasteiger partial charge in [0.1, 0.15) is 5.75 Å². The van der Waals surface area contributed by atoms with Crippen molar-refractivity contribution in [3.8, 4) is 5.75 Å². The number of phenolic OH excluding ortho intramolecular Hbond substituents is 1. The second-order valence-corrected chi connectivity index (χ2v) is 12.0. The summed E-state index contributed by atoms with van der Waals surface area (Å²) >= 11 is 0. The van der Waals surface area contributed by atoms with Crippen molar-refractivity contribution in [3.63, 3.8) is 0 Å². The Morgan fingerprint density at radius 2 is 1.36 bits per heavy atom. The quantitative estimate of drug-likeness (QED) is 0.558. The third-order valence-electron chi connectivity index (χ3n) is 7.64. The highest BCUT2D eigenvalue weighted by Crippen LogP contribution is 2.50. The van der Waals surface area contributed by atoms with Gasteiger partial charge >= 0.3 is 0 Å². The molecule has 3 rings (SSSR count). The largest absolute Gasteiger partial charge is 0.507 e. The Labute approximate surface area is 174 Å². The molecular weight excluding hydrogens is 340 g/mol. The fourth-order valence-electron chi connectivity index (χ4n) is 6.00. The van der Waals surface area contributed by atoms with E-state index in [1.807, 2.05) is 0 Å². The van der Waals surface area contributed by atoms with Crippen molar-refractivity contribution in [2.24, 2.45) is 17.8 Å². The third kappa shape index (κ3) is 4.60. The first-order valence-corrected chi connectivity index (χ1v) is 11.9. The van der Waals surface area contributed by atoms with Gasteiger partial charge in [-0.15, -0.1) is 0 Å². The number of aromatic hydroxyl groups is 1. The maximum Gasteiger partial charge on any atom is 0.123 e. The Morgan fingerprint density at radius 1 is 0.821 bits per heavy atom. The smallest absolute Gasteiger partial charge is 0.123 e. The van der Waals surface area contributed by atoms with Crippen molar-refractivity contribution in [1.82, 2.24) is 0 Å². The molecule has 4 atom stereocenters. The Hall–Kier alpha value is -0.980. The number of fused-ring (bicyclic) bond motifs is 1. The molecule has 1 N–H and O–H groups in total. The van der Waals surface area contributed by atoms with E-state index in [0.717, 1.165) is 28.9 Å². The van der Waals surface area contributed by atoms with Crippen molar-refractivity contribution in [2.45, 2.75) is 117 Å². The minimum absolute atomic E-state index is 0.0322. The number of hydrogen-bond acceptors (Lipinski definition) is 1. The average molecular weight is 385 g/mol. The lowest BCUT2D eigenvalue weighted by molar-refractivity contribution is 0.114. The molecule has 2 fully saturated rings. The summed E-state index contributed by atoms with van der Waals surface area (Å²) in [6, 6.07) is 4.69. The monoisotopic (exact) mass is 384 g/mol. The Kier molecular flexibility index (Phi) is 6.23. The molecule has 0 bridgehead atoms. The number of hydrogen-bond donors (Lipinski definition) is 1. The molecule has 4 unspecified atom stereocenters. The van der Waals surface area contributed by atoms with Gasteiger partial charge in [0, 0.05) is 0 Å². The summed E-state index contributed by atoms with van der Waals surface area (Å²) in [7, 11) is 0. The van der Waals surface area contributed by atoms with Crippen LogP contribution in [-0.2, 0) is 10.8 Å². The summed E-state index contributed by atoms with van der Waals surface area (Å²) in [5.74, 6) is 4.10.